The smallest absolute Gasteiger partial charge is 0.338 e. The summed E-state index contributed by atoms with van der Waals surface area (Å²) in [6.45, 7) is 2.38. The lowest BCUT2D eigenvalue weighted by Gasteiger charge is -2.07. The molecule has 0 aliphatic carbocycles. The van der Waals surface area contributed by atoms with Gasteiger partial charge in [0.2, 0.25) is 0 Å². The number of esters is 1. The van der Waals surface area contributed by atoms with Crippen LogP contribution in [0.25, 0.3) is 0 Å². The van der Waals surface area contributed by atoms with Crippen LogP contribution in [0.15, 0.2) is 54.6 Å². The summed E-state index contributed by atoms with van der Waals surface area (Å²) in [5.41, 5.74) is 2.88. The fraction of sp³-hybridized carbons (Fsp3) is 0.235. The van der Waals surface area contributed by atoms with E-state index in [-0.39, 0.29) is 5.97 Å². The van der Waals surface area contributed by atoms with E-state index in [1.54, 1.807) is 6.07 Å². The minimum atomic E-state index is -0.230. The number of hydrogen-bond acceptors (Lipinski definition) is 2. The summed E-state index contributed by atoms with van der Waals surface area (Å²) in [5, 5.41) is 0. The van der Waals surface area contributed by atoms with Crippen LogP contribution in [0.1, 0.15) is 27.9 Å². The van der Waals surface area contributed by atoms with Crippen molar-refractivity contribution in [1.29, 1.82) is 0 Å². The number of rotatable bonds is 5. The molecule has 0 atom stereocenters. The van der Waals surface area contributed by atoms with Crippen LogP contribution in [0.5, 0.6) is 0 Å². The molecule has 0 bridgehead atoms. The van der Waals surface area contributed by atoms with E-state index in [4.69, 9.17) is 4.74 Å². The predicted molar refractivity (Wildman–Crippen MR) is 76.2 cm³/mol. The second-order valence-electron chi connectivity index (χ2n) is 4.54. The molecule has 19 heavy (non-hydrogen) atoms. The van der Waals surface area contributed by atoms with Crippen LogP contribution >= 0.6 is 0 Å². The second kappa shape index (κ2) is 6.74. The van der Waals surface area contributed by atoms with Crippen LogP contribution in [0, 0.1) is 6.92 Å². The lowest BCUT2D eigenvalue weighted by molar-refractivity contribution is 0.0500. The van der Waals surface area contributed by atoms with Gasteiger partial charge in [-0.3, -0.25) is 0 Å². The molecule has 2 aromatic rings. The van der Waals surface area contributed by atoms with E-state index < -0.39 is 0 Å². The lowest BCUT2D eigenvalue weighted by atomic mass is 10.1. The van der Waals surface area contributed by atoms with E-state index >= 15 is 0 Å². The first-order valence-corrected chi connectivity index (χ1v) is 6.54. The van der Waals surface area contributed by atoms with E-state index in [1.807, 2.05) is 43.3 Å². The van der Waals surface area contributed by atoms with Gasteiger partial charge in [-0.15, -0.1) is 0 Å². The molecule has 0 aromatic heterocycles. The quantitative estimate of drug-likeness (QED) is 0.599. The molecule has 0 unspecified atom stereocenters. The fourth-order valence-electron chi connectivity index (χ4n) is 1.97. The van der Waals surface area contributed by atoms with Crippen molar-refractivity contribution in [3.8, 4) is 0 Å². The zero-order chi connectivity index (χ0) is 13.5. The number of aryl methyl sites for hydroxylation is 2. The van der Waals surface area contributed by atoms with Crippen LogP contribution in [-0.4, -0.2) is 12.6 Å². The molecular weight excluding hydrogens is 236 g/mol. The molecule has 0 aliphatic heterocycles. The SMILES string of the molecule is Cc1ccccc1C(=O)OCCCc1ccccc1. The molecule has 0 radical (unpaired) electrons. The zero-order valence-corrected chi connectivity index (χ0v) is 11.1. The Kier molecular flexibility index (Phi) is 4.73. The van der Waals surface area contributed by atoms with Crippen molar-refractivity contribution in [2.75, 3.05) is 6.61 Å². The molecule has 2 nitrogen and oxygen atoms in total. The van der Waals surface area contributed by atoms with Crippen molar-refractivity contribution in [3.05, 3.63) is 71.3 Å². The zero-order valence-electron chi connectivity index (χ0n) is 11.1. The van der Waals surface area contributed by atoms with Gasteiger partial charge in [-0.05, 0) is 37.0 Å². The Balaban J connectivity index is 1.77. The molecule has 0 N–H and O–H groups in total. The Labute approximate surface area is 114 Å². The van der Waals surface area contributed by atoms with Gasteiger partial charge in [0, 0.05) is 0 Å². The fourth-order valence-corrected chi connectivity index (χ4v) is 1.97. The molecule has 0 spiro atoms. The van der Waals surface area contributed by atoms with E-state index in [2.05, 4.69) is 12.1 Å². The average Bonchev–Trinajstić information content (AvgIpc) is 2.45. The summed E-state index contributed by atoms with van der Waals surface area (Å²) >= 11 is 0. The van der Waals surface area contributed by atoms with Crippen molar-refractivity contribution in [3.63, 3.8) is 0 Å². The first-order valence-electron chi connectivity index (χ1n) is 6.54. The summed E-state index contributed by atoms with van der Waals surface area (Å²) in [5.74, 6) is -0.230. The van der Waals surface area contributed by atoms with Gasteiger partial charge >= 0.3 is 5.97 Å². The van der Waals surface area contributed by atoms with Crippen LogP contribution in [0.2, 0.25) is 0 Å². The van der Waals surface area contributed by atoms with Gasteiger partial charge in [0.05, 0.1) is 12.2 Å². The van der Waals surface area contributed by atoms with E-state index in [1.165, 1.54) is 5.56 Å². The van der Waals surface area contributed by atoms with E-state index in [9.17, 15) is 4.79 Å². The highest BCUT2D eigenvalue weighted by molar-refractivity contribution is 5.90. The Hall–Kier alpha value is -2.09. The molecule has 2 rings (SSSR count). The van der Waals surface area contributed by atoms with Crippen molar-refractivity contribution >= 4 is 5.97 Å². The number of ether oxygens (including phenoxy) is 1. The predicted octanol–water partition coefficient (Wildman–Crippen LogP) is 3.78. The Morgan fingerprint density at radius 3 is 2.42 bits per heavy atom. The highest BCUT2D eigenvalue weighted by Crippen LogP contribution is 2.09. The molecule has 0 amide bonds. The van der Waals surface area contributed by atoms with Crippen LogP contribution < -0.4 is 0 Å². The summed E-state index contributed by atoms with van der Waals surface area (Å²) in [6, 6.07) is 17.7. The number of carbonyl (C=O) groups excluding carboxylic acids is 1. The maximum absolute atomic E-state index is 11.9. The highest BCUT2D eigenvalue weighted by Gasteiger charge is 2.08. The maximum atomic E-state index is 11.9. The molecular formula is C17H18O2. The van der Waals surface area contributed by atoms with Crippen LogP contribution in [-0.2, 0) is 11.2 Å². The maximum Gasteiger partial charge on any atom is 0.338 e. The van der Waals surface area contributed by atoms with Gasteiger partial charge in [0.25, 0.3) is 0 Å². The largest absolute Gasteiger partial charge is 0.462 e. The van der Waals surface area contributed by atoms with E-state index in [0.717, 1.165) is 18.4 Å². The van der Waals surface area contributed by atoms with Gasteiger partial charge in [-0.2, -0.15) is 0 Å². The molecule has 0 saturated heterocycles. The Morgan fingerprint density at radius 1 is 1.00 bits per heavy atom. The number of carbonyl (C=O) groups is 1. The first kappa shape index (κ1) is 13.3. The van der Waals surface area contributed by atoms with Gasteiger partial charge < -0.3 is 4.74 Å². The lowest BCUT2D eigenvalue weighted by Crippen LogP contribution is -2.08. The molecule has 98 valence electrons. The minimum Gasteiger partial charge on any atom is -0.462 e. The Bertz CT molecular complexity index is 532. The standard InChI is InChI=1S/C17H18O2/c1-14-8-5-6-12-16(14)17(18)19-13-7-11-15-9-3-2-4-10-15/h2-6,8-10,12H,7,11,13H2,1H3. The second-order valence-corrected chi connectivity index (χ2v) is 4.54. The topological polar surface area (TPSA) is 26.3 Å². The van der Waals surface area contributed by atoms with Gasteiger partial charge in [-0.25, -0.2) is 4.79 Å². The van der Waals surface area contributed by atoms with E-state index in [0.29, 0.717) is 12.2 Å². The Morgan fingerprint density at radius 2 is 1.68 bits per heavy atom. The van der Waals surface area contributed by atoms with Crippen molar-refractivity contribution in [1.82, 2.24) is 0 Å². The third kappa shape index (κ3) is 3.95. The normalized spacial score (nSPS) is 10.2. The molecule has 0 heterocycles. The summed E-state index contributed by atoms with van der Waals surface area (Å²) in [6.07, 6.45) is 1.78. The van der Waals surface area contributed by atoms with Gasteiger partial charge in [-0.1, -0.05) is 48.5 Å². The first-order chi connectivity index (χ1) is 9.27. The monoisotopic (exact) mass is 254 g/mol. The van der Waals surface area contributed by atoms with Gasteiger partial charge in [0.15, 0.2) is 0 Å². The molecule has 2 aromatic carbocycles. The van der Waals surface area contributed by atoms with Crippen molar-refractivity contribution < 1.29 is 9.53 Å². The molecule has 0 aliphatic rings. The minimum absolute atomic E-state index is 0.230. The van der Waals surface area contributed by atoms with Crippen LogP contribution in [0.3, 0.4) is 0 Å². The van der Waals surface area contributed by atoms with Crippen molar-refractivity contribution in [2.45, 2.75) is 19.8 Å². The summed E-state index contributed by atoms with van der Waals surface area (Å²) in [4.78, 5) is 11.9. The average molecular weight is 254 g/mol. The summed E-state index contributed by atoms with van der Waals surface area (Å²) < 4.78 is 5.29. The third-order valence-electron chi connectivity index (χ3n) is 3.05. The molecule has 0 saturated carbocycles. The van der Waals surface area contributed by atoms with Crippen LogP contribution in [0.4, 0.5) is 0 Å². The molecule has 0 fully saturated rings. The summed E-state index contributed by atoms with van der Waals surface area (Å²) in [7, 11) is 0. The highest BCUT2D eigenvalue weighted by atomic mass is 16.5. The van der Waals surface area contributed by atoms with Gasteiger partial charge in [0.1, 0.15) is 0 Å². The number of benzene rings is 2. The third-order valence-corrected chi connectivity index (χ3v) is 3.05. The van der Waals surface area contributed by atoms with Crippen molar-refractivity contribution in [2.24, 2.45) is 0 Å². The number of hydrogen-bond donors (Lipinski definition) is 0. The molecule has 2 heteroatoms.